The summed E-state index contributed by atoms with van der Waals surface area (Å²) in [7, 11) is 1.60. The van der Waals surface area contributed by atoms with Crippen LogP contribution in [0.25, 0.3) is 11.4 Å². The number of carbonyl (C=O) groups is 2. The quantitative estimate of drug-likeness (QED) is 0.738. The summed E-state index contributed by atoms with van der Waals surface area (Å²) in [5, 5.41) is 4.04. The van der Waals surface area contributed by atoms with Crippen molar-refractivity contribution in [2.45, 2.75) is 31.8 Å². The molecular formula is C21H26N4O5. The summed E-state index contributed by atoms with van der Waals surface area (Å²) in [4.78, 5) is 32.8. The molecule has 30 heavy (non-hydrogen) atoms. The van der Waals surface area contributed by atoms with Gasteiger partial charge in [-0.1, -0.05) is 23.7 Å². The number of hydrogen-bond donors (Lipinski definition) is 0. The first-order chi connectivity index (χ1) is 14.6. The first-order valence-electron chi connectivity index (χ1n) is 10.3. The third kappa shape index (κ3) is 4.62. The van der Waals surface area contributed by atoms with E-state index in [1.54, 1.807) is 16.9 Å². The molecule has 0 bridgehead atoms. The molecule has 2 aliphatic rings. The Kier molecular flexibility index (Phi) is 6.27. The van der Waals surface area contributed by atoms with Gasteiger partial charge in [0.15, 0.2) is 6.10 Å². The van der Waals surface area contributed by atoms with Crippen LogP contribution >= 0.6 is 0 Å². The van der Waals surface area contributed by atoms with Crippen LogP contribution in [-0.4, -0.2) is 71.7 Å². The molecule has 160 valence electrons. The molecule has 3 heterocycles. The number of rotatable bonds is 5. The molecule has 2 aromatic rings. The molecule has 1 aromatic heterocycles. The minimum Gasteiger partial charge on any atom is -0.497 e. The lowest BCUT2D eigenvalue weighted by atomic mass is 10.2. The molecule has 0 N–H and O–H groups in total. The van der Waals surface area contributed by atoms with E-state index < -0.39 is 6.10 Å². The van der Waals surface area contributed by atoms with Crippen molar-refractivity contribution in [3.63, 3.8) is 0 Å². The average molecular weight is 414 g/mol. The van der Waals surface area contributed by atoms with Crippen molar-refractivity contribution in [1.82, 2.24) is 19.9 Å². The highest BCUT2D eigenvalue weighted by Gasteiger charge is 2.31. The Bertz CT molecular complexity index is 899. The van der Waals surface area contributed by atoms with Crippen LogP contribution in [0.3, 0.4) is 0 Å². The van der Waals surface area contributed by atoms with Crippen LogP contribution in [0.4, 0.5) is 0 Å². The van der Waals surface area contributed by atoms with E-state index >= 15 is 0 Å². The van der Waals surface area contributed by atoms with Crippen molar-refractivity contribution in [2.24, 2.45) is 0 Å². The van der Waals surface area contributed by atoms with Crippen LogP contribution in [0.1, 0.15) is 37.7 Å². The van der Waals surface area contributed by atoms with Gasteiger partial charge in [0.2, 0.25) is 17.6 Å². The maximum atomic E-state index is 12.8. The topological polar surface area (TPSA) is 98.0 Å². The van der Waals surface area contributed by atoms with Crippen LogP contribution in [0.5, 0.6) is 5.75 Å². The van der Waals surface area contributed by atoms with Crippen molar-refractivity contribution in [2.75, 3.05) is 39.9 Å². The Balaban J connectivity index is 1.40. The molecule has 0 unspecified atom stereocenters. The molecule has 0 aliphatic carbocycles. The molecule has 9 heteroatoms. The maximum Gasteiger partial charge on any atom is 0.257 e. The number of carbonyl (C=O) groups excluding carboxylic acids is 2. The lowest BCUT2D eigenvalue weighted by Crippen LogP contribution is -2.47. The van der Waals surface area contributed by atoms with E-state index in [4.69, 9.17) is 14.0 Å². The van der Waals surface area contributed by atoms with Gasteiger partial charge in [0.25, 0.3) is 5.89 Å². The number of benzene rings is 1. The molecule has 4 rings (SSSR count). The van der Waals surface area contributed by atoms with E-state index in [1.165, 1.54) is 0 Å². The minimum atomic E-state index is -0.491. The Morgan fingerprint density at radius 1 is 1.27 bits per heavy atom. The predicted molar refractivity (Wildman–Crippen MR) is 107 cm³/mol. The van der Waals surface area contributed by atoms with Crippen LogP contribution in [0, 0.1) is 0 Å². The number of amides is 2. The SMILES string of the molecule is COc1cccc(-c2noc([C@@H]3CN(C(=O)CN4CCCCCC4=O)CCO3)n2)c1. The number of nitrogens with zero attached hydrogens (tertiary/aromatic N) is 4. The molecule has 2 saturated heterocycles. The van der Waals surface area contributed by atoms with Gasteiger partial charge < -0.3 is 23.8 Å². The Morgan fingerprint density at radius 2 is 2.17 bits per heavy atom. The number of ether oxygens (including phenoxy) is 2. The van der Waals surface area contributed by atoms with Gasteiger partial charge in [-0.25, -0.2) is 0 Å². The third-order valence-corrected chi connectivity index (χ3v) is 5.46. The standard InChI is InChI=1S/C21H26N4O5/c1-28-16-7-5-6-15(12-16)20-22-21(30-23-20)17-13-25(10-11-29-17)19(27)14-24-9-4-2-3-8-18(24)26/h5-7,12,17H,2-4,8-11,13-14H2,1H3/t17-/m0/s1. The van der Waals surface area contributed by atoms with E-state index in [2.05, 4.69) is 10.1 Å². The molecule has 2 amide bonds. The average Bonchev–Trinajstić information content (AvgIpc) is 3.20. The van der Waals surface area contributed by atoms with E-state index in [0.717, 1.165) is 24.8 Å². The lowest BCUT2D eigenvalue weighted by Gasteiger charge is -2.32. The summed E-state index contributed by atoms with van der Waals surface area (Å²) < 4.78 is 16.4. The van der Waals surface area contributed by atoms with Crippen molar-refractivity contribution in [1.29, 1.82) is 0 Å². The zero-order valence-corrected chi connectivity index (χ0v) is 17.1. The van der Waals surface area contributed by atoms with Gasteiger partial charge in [-0.2, -0.15) is 4.98 Å². The number of aromatic nitrogens is 2. The lowest BCUT2D eigenvalue weighted by molar-refractivity contribution is -0.145. The van der Waals surface area contributed by atoms with Gasteiger partial charge >= 0.3 is 0 Å². The summed E-state index contributed by atoms with van der Waals surface area (Å²) in [6.07, 6.45) is 2.90. The van der Waals surface area contributed by atoms with Gasteiger partial charge in [-0.3, -0.25) is 9.59 Å². The van der Waals surface area contributed by atoms with Gasteiger partial charge in [0, 0.05) is 25.1 Å². The highest BCUT2D eigenvalue weighted by Crippen LogP contribution is 2.26. The fraction of sp³-hybridized carbons (Fsp3) is 0.524. The van der Waals surface area contributed by atoms with E-state index in [-0.39, 0.29) is 18.4 Å². The first-order valence-corrected chi connectivity index (χ1v) is 10.3. The molecule has 0 radical (unpaired) electrons. The monoisotopic (exact) mass is 414 g/mol. The second-order valence-corrected chi connectivity index (χ2v) is 7.51. The van der Waals surface area contributed by atoms with Crippen LogP contribution in [-0.2, 0) is 14.3 Å². The first kappa shape index (κ1) is 20.3. The Hall–Kier alpha value is -2.94. The molecule has 0 saturated carbocycles. The zero-order valence-electron chi connectivity index (χ0n) is 17.1. The highest BCUT2D eigenvalue weighted by atomic mass is 16.5. The molecule has 0 spiro atoms. The molecule has 2 aliphatic heterocycles. The molecule has 9 nitrogen and oxygen atoms in total. The van der Waals surface area contributed by atoms with E-state index in [1.807, 2.05) is 24.3 Å². The molecule has 2 fully saturated rings. The fourth-order valence-electron chi connectivity index (χ4n) is 3.74. The third-order valence-electron chi connectivity index (χ3n) is 5.46. The van der Waals surface area contributed by atoms with Crippen molar-refractivity contribution < 1.29 is 23.6 Å². The Labute approximate surface area is 174 Å². The van der Waals surface area contributed by atoms with Gasteiger partial charge in [0.1, 0.15) is 5.75 Å². The fourth-order valence-corrected chi connectivity index (χ4v) is 3.74. The summed E-state index contributed by atoms with van der Waals surface area (Å²) in [5.74, 6) is 1.45. The zero-order chi connectivity index (χ0) is 20.9. The number of hydrogen-bond acceptors (Lipinski definition) is 7. The summed E-state index contributed by atoms with van der Waals surface area (Å²) >= 11 is 0. The largest absolute Gasteiger partial charge is 0.497 e. The second-order valence-electron chi connectivity index (χ2n) is 7.51. The second kappa shape index (κ2) is 9.25. The molecular weight excluding hydrogens is 388 g/mol. The van der Waals surface area contributed by atoms with Crippen molar-refractivity contribution in [3.8, 4) is 17.1 Å². The van der Waals surface area contributed by atoms with Crippen LogP contribution < -0.4 is 4.74 Å². The van der Waals surface area contributed by atoms with Crippen molar-refractivity contribution >= 4 is 11.8 Å². The van der Waals surface area contributed by atoms with Gasteiger partial charge in [-0.15, -0.1) is 0 Å². The number of methoxy groups -OCH3 is 1. The summed E-state index contributed by atoms with van der Waals surface area (Å²) in [5.41, 5.74) is 0.771. The van der Waals surface area contributed by atoms with Crippen LogP contribution in [0.15, 0.2) is 28.8 Å². The van der Waals surface area contributed by atoms with Gasteiger partial charge in [-0.05, 0) is 25.0 Å². The predicted octanol–water partition coefficient (Wildman–Crippen LogP) is 2.05. The highest BCUT2D eigenvalue weighted by molar-refractivity contribution is 5.85. The van der Waals surface area contributed by atoms with Crippen LogP contribution in [0.2, 0.25) is 0 Å². The summed E-state index contributed by atoms with van der Waals surface area (Å²) in [6, 6.07) is 7.39. The number of morpholine rings is 1. The number of likely N-dealkylation sites (tertiary alicyclic amines) is 1. The molecule has 1 atom stereocenters. The Morgan fingerprint density at radius 3 is 3.03 bits per heavy atom. The molecule has 1 aromatic carbocycles. The van der Waals surface area contributed by atoms with E-state index in [9.17, 15) is 9.59 Å². The maximum absolute atomic E-state index is 12.8. The normalized spacial score (nSPS) is 20.2. The summed E-state index contributed by atoms with van der Waals surface area (Å²) in [6.45, 7) is 1.94. The minimum absolute atomic E-state index is 0.0606. The smallest absolute Gasteiger partial charge is 0.257 e. The van der Waals surface area contributed by atoms with Crippen molar-refractivity contribution in [3.05, 3.63) is 30.2 Å². The van der Waals surface area contributed by atoms with Gasteiger partial charge in [0.05, 0.1) is 26.8 Å². The van der Waals surface area contributed by atoms with E-state index in [0.29, 0.717) is 50.1 Å².